The van der Waals surface area contributed by atoms with Crippen molar-refractivity contribution in [2.75, 3.05) is 6.54 Å². The highest BCUT2D eigenvalue weighted by atomic mass is 16.2. The van der Waals surface area contributed by atoms with Crippen LogP contribution in [-0.2, 0) is 4.79 Å². The molecule has 1 heterocycles. The van der Waals surface area contributed by atoms with E-state index in [-0.39, 0.29) is 17.5 Å². The molecular weight excluding hydrogens is 382 g/mol. The van der Waals surface area contributed by atoms with Crippen LogP contribution in [0.25, 0.3) is 6.08 Å². The van der Waals surface area contributed by atoms with Gasteiger partial charge in [-0.25, -0.2) is 5.43 Å². The molecule has 4 fully saturated rings. The molecule has 1 aromatic carbocycles. The quantitative estimate of drug-likeness (QED) is 0.658. The van der Waals surface area contributed by atoms with Crippen molar-refractivity contribution in [3.8, 4) is 0 Å². The fourth-order valence-corrected chi connectivity index (χ4v) is 6.96. The van der Waals surface area contributed by atoms with Crippen LogP contribution in [0.5, 0.6) is 0 Å². The Morgan fingerprint density at radius 1 is 1.03 bits per heavy atom. The Balaban J connectivity index is 1.42. The number of nitrogens with one attached hydrogen (secondary N) is 2. The largest absolute Gasteiger partial charge is 0.319 e. The summed E-state index contributed by atoms with van der Waals surface area (Å²) in [7, 11) is 0. The number of amides is 1. The SMILES string of the molecule is Cc1ccc(/C=C/C(=O)N(C2CC3CCC2C3)C2NNCC23CCCCCCC3)cc1. The van der Waals surface area contributed by atoms with Gasteiger partial charge < -0.3 is 4.90 Å². The molecule has 4 heteroatoms. The van der Waals surface area contributed by atoms with E-state index in [0.717, 1.165) is 18.0 Å². The first kappa shape index (κ1) is 21.2. The molecule has 31 heavy (non-hydrogen) atoms. The van der Waals surface area contributed by atoms with Crippen LogP contribution in [0.3, 0.4) is 0 Å². The number of nitrogens with zero attached hydrogens (tertiary/aromatic N) is 1. The van der Waals surface area contributed by atoms with E-state index in [1.54, 1.807) is 0 Å². The normalized spacial score (nSPS) is 32.4. The third-order valence-electron chi connectivity index (χ3n) is 8.70. The van der Waals surface area contributed by atoms with Gasteiger partial charge in [-0.15, -0.1) is 0 Å². The van der Waals surface area contributed by atoms with E-state index in [4.69, 9.17) is 0 Å². The Kier molecular flexibility index (Phi) is 6.21. The van der Waals surface area contributed by atoms with E-state index in [9.17, 15) is 4.79 Å². The molecule has 2 bridgehead atoms. The van der Waals surface area contributed by atoms with Crippen molar-refractivity contribution in [3.63, 3.8) is 0 Å². The fraction of sp³-hybridized carbons (Fsp3) is 0.667. The first-order valence-electron chi connectivity index (χ1n) is 12.7. The summed E-state index contributed by atoms with van der Waals surface area (Å²) in [6.45, 7) is 3.09. The lowest BCUT2D eigenvalue weighted by atomic mass is 9.73. The molecule has 3 saturated carbocycles. The highest BCUT2D eigenvalue weighted by molar-refractivity contribution is 5.92. The van der Waals surface area contributed by atoms with Gasteiger partial charge in [0, 0.05) is 24.1 Å². The summed E-state index contributed by atoms with van der Waals surface area (Å²) in [5.41, 5.74) is 9.63. The van der Waals surface area contributed by atoms with Crippen molar-refractivity contribution in [2.45, 2.75) is 89.8 Å². The number of hydrazine groups is 1. The lowest BCUT2D eigenvalue weighted by molar-refractivity contribution is -0.136. The van der Waals surface area contributed by atoms with E-state index in [0.29, 0.717) is 12.0 Å². The minimum Gasteiger partial charge on any atom is -0.319 e. The maximum Gasteiger partial charge on any atom is 0.248 e. The number of rotatable bonds is 4. The average Bonchev–Trinajstić information content (AvgIpc) is 3.48. The third kappa shape index (κ3) is 4.34. The number of hydrogen-bond donors (Lipinski definition) is 2. The van der Waals surface area contributed by atoms with Crippen LogP contribution >= 0.6 is 0 Å². The maximum atomic E-state index is 13.8. The molecule has 4 aliphatic rings. The summed E-state index contributed by atoms with van der Waals surface area (Å²) in [6.07, 6.45) is 18.2. The van der Waals surface area contributed by atoms with E-state index in [2.05, 4.69) is 46.9 Å². The number of aryl methyl sites for hydroxylation is 1. The molecule has 4 nitrogen and oxygen atoms in total. The maximum absolute atomic E-state index is 13.8. The van der Waals surface area contributed by atoms with Crippen molar-refractivity contribution in [1.29, 1.82) is 0 Å². The number of carbonyl (C=O) groups is 1. The summed E-state index contributed by atoms with van der Waals surface area (Å²) < 4.78 is 0. The zero-order chi connectivity index (χ0) is 21.3. The fourth-order valence-electron chi connectivity index (χ4n) is 6.96. The van der Waals surface area contributed by atoms with Crippen molar-refractivity contribution >= 4 is 12.0 Å². The smallest absolute Gasteiger partial charge is 0.248 e. The second kappa shape index (κ2) is 9.07. The Bertz CT molecular complexity index is 793. The van der Waals surface area contributed by atoms with E-state index < -0.39 is 0 Å². The highest BCUT2D eigenvalue weighted by Gasteiger charge is 2.52. The number of benzene rings is 1. The molecule has 0 radical (unpaired) electrons. The second-order valence-corrected chi connectivity index (χ2v) is 10.8. The van der Waals surface area contributed by atoms with E-state index in [1.807, 2.05) is 12.2 Å². The zero-order valence-electron chi connectivity index (χ0n) is 19.1. The average molecular weight is 422 g/mol. The van der Waals surface area contributed by atoms with Crippen molar-refractivity contribution in [2.24, 2.45) is 17.3 Å². The van der Waals surface area contributed by atoms with Crippen LogP contribution in [0.15, 0.2) is 30.3 Å². The Morgan fingerprint density at radius 3 is 2.45 bits per heavy atom. The molecule has 1 aromatic rings. The number of fused-ring (bicyclic) bond motifs is 2. The van der Waals surface area contributed by atoms with Crippen LogP contribution in [0.4, 0.5) is 0 Å². The predicted molar refractivity (Wildman–Crippen MR) is 126 cm³/mol. The monoisotopic (exact) mass is 421 g/mol. The van der Waals surface area contributed by atoms with Gasteiger partial charge in [-0.3, -0.25) is 10.2 Å². The molecule has 1 saturated heterocycles. The summed E-state index contributed by atoms with van der Waals surface area (Å²) >= 11 is 0. The van der Waals surface area contributed by atoms with Gasteiger partial charge in [0.05, 0.1) is 0 Å². The van der Waals surface area contributed by atoms with Gasteiger partial charge in [-0.2, -0.15) is 0 Å². The summed E-state index contributed by atoms with van der Waals surface area (Å²) in [6, 6.07) is 8.83. The molecule has 0 aromatic heterocycles. The summed E-state index contributed by atoms with van der Waals surface area (Å²) in [5, 5.41) is 0. The number of carbonyl (C=O) groups excluding carboxylic acids is 1. The van der Waals surface area contributed by atoms with Crippen molar-refractivity contribution in [3.05, 3.63) is 41.5 Å². The van der Waals surface area contributed by atoms with Crippen molar-refractivity contribution in [1.82, 2.24) is 15.8 Å². The Labute approximate surface area is 187 Å². The lowest BCUT2D eigenvalue weighted by Gasteiger charge is -2.46. The molecule has 1 aliphatic heterocycles. The van der Waals surface area contributed by atoms with Gasteiger partial charge in [0.2, 0.25) is 5.91 Å². The van der Waals surface area contributed by atoms with E-state index in [1.165, 1.54) is 76.2 Å². The van der Waals surface area contributed by atoms with Gasteiger partial charge in [-0.1, -0.05) is 68.4 Å². The minimum absolute atomic E-state index is 0.116. The van der Waals surface area contributed by atoms with Gasteiger partial charge in [-0.05, 0) is 62.5 Å². The molecule has 2 N–H and O–H groups in total. The molecular formula is C27H39N3O. The third-order valence-corrected chi connectivity index (χ3v) is 8.70. The summed E-state index contributed by atoms with van der Waals surface area (Å²) in [4.78, 5) is 16.1. The van der Waals surface area contributed by atoms with Crippen LogP contribution in [-0.4, -0.2) is 29.6 Å². The first-order valence-corrected chi connectivity index (χ1v) is 12.7. The van der Waals surface area contributed by atoms with Gasteiger partial charge in [0.15, 0.2) is 0 Å². The topological polar surface area (TPSA) is 44.4 Å². The zero-order valence-corrected chi connectivity index (χ0v) is 19.1. The van der Waals surface area contributed by atoms with Crippen LogP contribution in [0, 0.1) is 24.2 Å². The Morgan fingerprint density at radius 2 is 1.77 bits per heavy atom. The van der Waals surface area contributed by atoms with Crippen molar-refractivity contribution < 1.29 is 4.79 Å². The van der Waals surface area contributed by atoms with Gasteiger partial charge in [0.1, 0.15) is 6.17 Å². The second-order valence-electron chi connectivity index (χ2n) is 10.8. The lowest BCUT2D eigenvalue weighted by Crippen LogP contribution is -2.59. The molecule has 3 aliphatic carbocycles. The van der Waals surface area contributed by atoms with Gasteiger partial charge in [0.25, 0.3) is 0 Å². The van der Waals surface area contributed by atoms with Crippen LogP contribution in [0.2, 0.25) is 0 Å². The molecule has 168 valence electrons. The van der Waals surface area contributed by atoms with Gasteiger partial charge >= 0.3 is 0 Å². The molecule has 1 amide bonds. The highest BCUT2D eigenvalue weighted by Crippen LogP contribution is 2.49. The molecule has 4 unspecified atom stereocenters. The summed E-state index contributed by atoms with van der Waals surface area (Å²) in [5.74, 6) is 1.71. The molecule has 4 atom stereocenters. The molecule has 1 spiro atoms. The van der Waals surface area contributed by atoms with E-state index >= 15 is 0 Å². The van der Waals surface area contributed by atoms with Crippen LogP contribution < -0.4 is 10.9 Å². The van der Waals surface area contributed by atoms with Crippen LogP contribution in [0.1, 0.15) is 81.8 Å². The first-order chi connectivity index (χ1) is 15.1. The Hall–Kier alpha value is -1.65. The number of hydrogen-bond acceptors (Lipinski definition) is 3. The predicted octanol–water partition coefficient (Wildman–Crippen LogP) is 5.19. The standard InChI is InChI=1S/C27H39N3O/c1-20-7-9-21(10-8-20)12-14-25(31)30(24-18-22-11-13-23(24)17-22)26-27(19-28-29-26)15-5-3-2-4-6-16-27/h7-10,12,14,22-24,26,28-29H,2-6,11,13,15-19H2,1H3/b14-12+. The molecule has 5 rings (SSSR count). The minimum atomic E-state index is 0.116.